The molecule has 1 unspecified atom stereocenters. The van der Waals surface area contributed by atoms with Crippen molar-refractivity contribution >= 4 is 39.3 Å². The highest BCUT2D eigenvalue weighted by molar-refractivity contribution is 9.10. The molecule has 1 atom stereocenters. The Morgan fingerprint density at radius 1 is 0.973 bits per heavy atom. The van der Waals surface area contributed by atoms with E-state index in [9.17, 15) is 14.4 Å². The molecule has 0 bridgehead atoms. The number of imidazole rings is 1. The van der Waals surface area contributed by atoms with Gasteiger partial charge in [-0.05, 0) is 58.7 Å². The quantitative estimate of drug-likeness (QED) is 0.353. The zero-order valence-corrected chi connectivity index (χ0v) is 22.4. The van der Waals surface area contributed by atoms with Gasteiger partial charge in [0.05, 0.1) is 29.0 Å². The fourth-order valence-electron chi connectivity index (χ4n) is 4.58. The van der Waals surface area contributed by atoms with Crippen LogP contribution in [-0.4, -0.2) is 32.4 Å². The SMILES string of the molecule is CC(NC(=O)c1c2n(c(=O)n1-c1ccccc1)CCN(C(=O)c1ccc(Br)c(Cl)c1)C2)c1ccccc1. The van der Waals surface area contributed by atoms with Crippen molar-refractivity contribution in [3.8, 4) is 5.69 Å². The van der Waals surface area contributed by atoms with Crippen molar-refractivity contribution in [3.05, 3.63) is 121 Å². The lowest BCUT2D eigenvalue weighted by atomic mass is 10.1. The molecule has 3 aromatic carbocycles. The summed E-state index contributed by atoms with van der Waals surface area (Å²) in [6.07, 6.45) is 0. The highest BCUT2D eigenvalue weighted by Gasteiger charge is 2.32. The molecule has 1 aliphatic rings. The minimum absolute atomic E-state index is 0.115. The first-order valence-corrected chi connectivity index (χ1v) is 13.0. The minimum atomic E-state index is -0.382. The van der Waals surface area contributed by atoms with E-state index in [-0.39, 0.29) is 42.3 Å². The van der Waals surface area contributed by atoms with Crippen LogP contribution in [0.1, 0.15) is 45.1 Å². The second-order valence-corrected chi connectivity index (χ2v) is 10.1. The van der Waals surface area contributed by atoms with Crippen molar-refractivity contribution in [2.24, 2.45) is 0 Å². The Bertz CT molecular complexity index is 1530. The largest absolute Gasteiger partial charge is 0.344 e. The summed E-state index contributed by atoms with van der Waals surface area (Å²) in [5, 5.41) is 3.47. The van der Waals surface area contributed by atoms with Gasteiger partial charge in [0.2, 0.25) is 0 Å². The molecule has 188 valence electrons. The van der Waals surface area contributed by atoms with Gasteiger partial charge in [-0.3, -0.25) is 18.7 Å². The lowest BCUT2D eigenvalue weighted by molar-refractivity contribution is 0.0706. The lowest BCUT2D eigenvalue weighted by Gasteiger charge is -2.28. The molecular formula is C28H24BrClN4O3. The summed E-state index contributed by atoms with van der Waals surface area (Å²) in [6.45, 7) is 2.62. The van der Waals surface area contributed by atoms with E-state index in [0.717, 1.165) is 5.56 Å². The molecule has 4 aromatic rings. The maximum absolute atomic E-state index is 13.7. The molecular weight excluding hydrogens is 556 g/mol. The van der Waals surface area contributed by atoms with Gasteiger partial charge in [0.15, 0.2) is 0 Å². The molecule has 0 saturated carbocycles. The summed E-state index contributed by atoms with van der Waals surface area (Å²) in [6, 6.07) is 23.4. The summed E-state index contributed by atoms with van der Waals surface area (Å²) >= 11 is 9.56. The Kier molecular flexibility index (Phi) is 7.04. The third kappa shape index (κ3) is 4.86. The summed E-state index contributed by atoms with van der Waals surface area (Å²) in [7, 11) is 0. The lowest BCUT2D eigenvalue weighted by Crippen LogP contribution is -2.41. The van der Waals surface area contributed by atoms with E-state index in [1.807, 2.05) is 55.5 Å². The third-order valence-corrected chi connectivity index (χ3v) is 7.74. The van der Waals surface area contributed by atoms with Gasteiger partial charge in [-0.1, -0.05) is 60.1 Å². The van der Waals surface area contributed by atoms with Gasteiger partial charge in [0.1, 0.15) is 5.69 Å². The zero-order valence-electron chi connectivity index (χ0n) is 20.0. The van der Waals surface area contributed by atoms with Crippen LogP contribution in [0.3, 0.4) is 0 Å². The fraction of sp³-hybridized carbons (Fsp3) is 0.179. The Morgan fingerprint density at radius 2 is 1.65 bits per heavy atom. The summed E-state index contributed by atoms with van der Waals surface area (Å²) in [4.78, 5) is 42.2. The average Bonchev–Trinajstić information content (AvgIpc) is 3.22. The van der Waals surface area contributed by atoms with Crippen LogP contribution in [0.5, 0.6) is 0 Å². The number of carbonyl (C=O) groups excluding carboxylic acids is 2. The van der Waals surface area contributed by atoms with E-state index in [1.165, 1.54) is 4.57 Å². The second-order valence-electron chi connectivity index (χ2n) is 8.86. The first-order valence-electron chi connectivity index (χ1n) is 11.8. The summed E-state index contributed by atoms with van der Waals surface area (Å²) in [5.74, 6) is -0.600. The number of hydrogen-bond donors (Lipinski definition) is 1. The predicted molar refractivity (Wildman–Crippen MR) is 146 cm³/mol. The Morgan fingerprint density at radius 3 is 2.32 bits per heavy atom. The van der Waals surface area contributed by atoms with E-state index >= 15 is 0 Å². The fourth-order valence-corrected chi connectivity index (χ4v) is 5.01. The molecule has 0 radical (unpaired) electrons. The predicted octanol–water partition coefficient (Wildman–Crippen LogP) is 5.20. The molecule has 7 nitrogen and oxygen atoms in total. The van der Waals surface area contributed by atoms with Gasteiger partial charge < -0.3 is 10.2 Å². The number of aromatic nitrogens is 2. The van der Waals surface area contributed by atoms with Crippen LogP contribution in [0.15, 0.2) is 88.1 Å². The smallest absolute Gasteiger partial charge is 0.333 e. The normalized spacial score (nSPS) is 13.6. The molecule has 0 aliphatic carbocycles. The highest BCUT2D eigenvalue weighted by Crippen LogP contribution is 2.26. The van der Waals surface area contributed by atoms with E-state index in [2.05, 4.69) is 21.2 Å². The molecule has 37 heavy (non-hydrogen) atoms. The number of nitrogens with zero attached hydrogens (tertiary/aromatic N) is 3. The van der Waals surface area contributed by atoms with Gasteiger partial charge in [0.25, 0.3) is 11.8 Å². The number of fused-ring (bicyclic) bond motifs is 1. The van der Waals surface area contributed by atoms with Gasteiger partial charge in [-0.25, -0.2) is 4.79 Å². The zero-order chi connectivity index (χ0) is 26.1. The monoisotopic (exact) mass is 578 g/mol. The van der Waals surface area contributed by atoms with Crippen molar-refractivity contribution in [1.29, 1.82) is 0 Å². The number of halogens is 2. The maximum Gasteiger partial charge on any atom is 0.333 e. The minimum Gasteiger partial charge on any atom is -0.344 e. The molecule has 0 saturated heterocycles. The number of hydrogen-bond acceptors (Lipinski definition) is 3. The van der Waals surface area contributed by atoms with E-state index < -0.39 is 0 Å². The van der Waals surface area contributed by atoms with Crippen LogP contribution in [0.2, 0.25) is 5.02 Å². The number of para-hydroxylation sites is 1. The van der Waals surface area contributed by atoms with Crippen LogP contribution in [-0.2, 0) is 13.1 Å². The van der Waals surface area contributed by atoms with Crippen LogP contribution < -0.4 is 11.0 Å². The number of rotatable bonds is 5. The number of amides is 2. The van der Waals surface area contributed by atoms with Crippen molar-refractivity contribution < 1.29 is 9.59 Å². The molecule has 0 spiro atoms. The van der Waals surface area contributed by atoms with Crippen molar-refractivity contribution in [2.45, 2.75) is 26.1 Å². The van der Waals surface area contributed by atoms with Gasteiger partial charge in [0, 0.05) is 23.1 Å². The number of nitrogens with one attached hydrogen (secondary N) is 1. The standard InChI is InChI=1S/C28H24BrClN4O3/c1-18(19-8-4-2-5-9-19)31-26(35)25-24-17-32(27(36)20-12-13-22(29)23(30)16-20)14-15-33(24)28(37)34(25)21-10-6-3-7-11-21/h2-13,16,18H,14-15,17H2,1H3,(H,31,35). The molecule has 9 heteroatoms. The molecule has 1 aromatic heterocycles. The van der Waals surface area contributed by atoms with E-state index in [0.29, 0.717) is 33.0 Å². The molecule has 5 rings (SSSR count). The molecule has 1 aliphatic heterocycles. The topological polar surface area (TPSA) is 76.3 Å². The first-order chi connectivity index (χ1) is 17.8. The highest BCUT2D eigenvalue weighted by atomic mass is 79.9. The molecule has 0 fully saturated rings. The Labute approximate surface area is 227 Å². The van der Waals surface area contributed by atoms with E-state index in [1.54, 1.807) is 39.8 Å². The average molecular weight is 580 g/mol. The molecule has 2 heterocycles. The van der Waals surface area contributed by atoms with Crippen LogP contribution in [0.4, 0.5) is 0 Å². The second kappa shape index (κ2) is 10.4. The van der Waals surface area contributed by atoms with Crippen LogP contribution in [0, 0.1) is 0 Å². The third-order valence-electron chi connectivity index (χ3n) is 6.51. The van der Waals surface area contributed by atoms with Gasteiger partial charge in [-0.15, -0.1) is 0 Å². The molecule has 2 amide bonds. The first kappa shape index (κ1) is 25.0. The molecule has 1 N–H and O–H groups in total. The summed E-state index contributed by atoms with van der Waals surface area (Å²) in [5.41, 5.74) is 2.39. The van der Waals surface area contributed by atoms with Gasteiger partial charge in [-0.2, -0.15) is 0 Å². The van der Waals surface area contributed by atoms with Crippen molar-refractivity contribution in [2.75, 3.05) is 6.54 Å². The van der Waals surface area contributed by atoms with Crippen LogP contribution >= 0.6 is 27.5 Å². The van der Waals surface area contributed by atoms with Gasteiger partial charge >= 0.3 is 5.69 Å². The van der Waals surface area contributed by atoms with Crippen LogP contribution in [0.25, 0.3) is 5.69 Å². The maximum atomic E-state index is 13.7. The van der Waals surface area contributed by atoms with Crippen molar-refractivity contribution in [1.82, 2.24) is 19.4 Å². The van der Waals surface area contributed by atoms with Crippen molar-refractivity contribution in [3.63, 3.8) is 0 Å². The van der Waals surface area contributed by atoms with E-state index in [4.69, 9.17) is 11.6 Å². The number of carbonyl (C=O) groups is 2. The number of benzene rings is 3. The summed E-state index contributed by atoms with van der Waals surface area (Å²) < 4.78 is 3.73. The Balaban J connectivity index is 1.54. The Hall–Kier alpha value is -3.62.